The Morgan fingerprint density at radius 2 is 1.89 bits per heavy atom. The first-order chi connectivity index (χ1) is 8.97. The van der Waals surface area contributed by atoms with E-state index in [1.54, 1.807) is 0 Å². The van der Waals surface area contributed by atoms with E-state index in [4.69, 9.17) is 26.2 Å². The third-order valence-corrected chi connectivity index (χ3v) is 2.42. The van der Waals surface area contributed by atoms with E-state index in [9.17, 15) is 9.59 Å². The van der Waals surface area contributed by atoms with E-state index in [2.05, 4.69) is 10.6 Å². The van der Waals surface area contributed by atoms with Crippen LogP contribution in [0, 0.1) is 0 Å². The molecule has 0 saturated carbocycles. The largest absolute Gasteiger partial charge is 0.495 e. The number of rotatable bonds is 5. The van der Waals surface area contributed by atoms with Crippen LogP contribution in [0.1, 0.15) is 0 Å². The molecule has 0 heterocycles. The number of hydrogen-bond acceptors (Lipinski definition) is 4. The smallest absolute Gasteiger partial charge is 0.323 e. The zero-order valence-corrected chi connectivity index (χ0v) is 11.1. The van der Waals surface area contributed by atoms with Crippen LogP contribution in [0.25, 0.3) is 0 Å². The van der Waals surface area contributed by atoms with Crippen molar-refractivity contribution < 1.29 is 24.2 Å². The summed E-state index contributed by atoms with van der Waals surface area (Å²) in [6, 6.07) is 2.27. The number of carboxylic acids is 1. The van der Waals surface area contributed by atoms with E-state index < -0.39 is 18.5 Å². The van der Waals surface area contributed by atoms with Gasteiger partial charge in [-0.05, 0) is 6.07 Å². The number of hydrogen-bond donors (Lipinski definition) is 3. The van der Waals surface area contributed by atoms with Crippen LogP contribution >= 0.6 is 11.6 Å². The maximum Gasteiger partial charge on any atom is 0.323 e. The molecule has 0 aliphatic heterocycles. The minimum absolute atomic E-state index is 0.289. The number of nitrogens with one attached hydrogen (secondary N) is 2. The molecule has 0 aromatic heterocycles. The summed E-state index contributed by atoms with van der Waals surface area (Å²) in [6.07, 6.45) is 0. The molecule has 0 aliphatic rings. The van der Waals surface area contributed by atoms with Gasteiger partial charge in [-0.1, -0.05) is 11.6 Å². The number of methoxy groups -OCH3 is 2. The fraction of sp³-hybridized carbons (Fsp3) is 0.273. The second kappa shape index (κ2) is 6.69. The molecule has 19 heavy (non-hydrogen) atoms. The number of carboxylic acid groups (broad SMARTS) is 1. The number of halogens is 1. The molecule has 1 aromatic carbocycles. The lowest BCUT2D eigenvalue weighted by atomic mass is 10.2. The molecule has 3 N–H and O–H groups in total. The molecule has 8 heteroatoms. The van der Waals surface area contributed by atoms with Crippen LogP contribution in [-0.2, 0) is 4.79 Å². The summed E-state index contributed by atoms with van der Waals surface area (Å²) in [6.45, 7) is -0.488. The average Bonchev–Trinajstić information content (AvgIpc) is 2.36. The van der Waals surface area contributed by atoms with Crippen molar-refractivity contribution in [2.24, 2.45) is 0 Å². The molecule has 0 radical (unpaired) electrons. The number of carbonyl (C=O) groups is 2. The third-order valence-electron chi connectivity index (χ3n) is 2.12. The van der Waals surface area contributed by atoms with Crippen LogP contribution in [0.4, 0.5) is 10.5 Å². The van der Waals surface area contributed by atoms with Crippen molar-refractivity contribution in [3.05, 3.63) is 17.2 Å². The van der Waals surface area contributed by atoms with Gasteiger partial charge in [0.25, 0.3) is 0 Å². The number of aliphatic carboxylic acids is 1. The van der Waals surface area contributed by atoms with Gasteiger partial charge in [-0.15, -0.1) is 0 Å². The highest BCUT2D eigenvalue weighted by Gasteiger charge is 2.12. The SMILES string of the molecule is COc1cc(OC)c(NC(=O)NCC(=O)O)cc1Cl. The molecule has 1 aromatic rings. The van der Waals surface area contributed by atoms with Crippen molar-refractivity contribution in [2.75, 3.05) is 26.1 Å². The first kappa shape index (κ1) is 14.9. The van der Waals surface area contributed by atoms with Gasteiger partial charge in [-0.2, -0.15) is 0 Å². The molecular formula is C11H13ClN2O5. The summed E-state index contributed by atoms with van der Waals surface area (Å²) in [7, 11) is 2.87. The van der Waals surface area contributed by atoms with Crippen molar-refractivity contribution in [3.8, 4) is 11.5 Å². The van der Waals surface area contributed by atoms with E-state index in [-0.39, 0.29) is 5.02 Å². The molecule has 0 spiro atoms. The minimum Gasteiger partial charge on any atom is -0.495 e. The Bertz CT molecular complexity index is 492. The van der Waals surface area contributed by atoms with Crippen LogP contribution in [0.2, 0.25) is 5.02 Å². The Hall–Kier alpha value is -2.15. The minimum atomic E-state index is -1.14. The lowest BCUT2D eigenvalue weighted by Crippen LogP contribution is -2.33. The summed E-state index contributed by atoms with van der Waals surface area (Å²) in [4.78, 5) is 21.7. The molecule has 104 valence electrons. The average molecular weight is 289 g/mol. The zero-order chi connectivity index (χ0) is 14.4. The molecular weight excluding hydrogens is 276 g/mol. The van der Waals surface area contributed by atoms with Crippen molar-refractivity contribution in [1.82, 2.24) is 5.32 Å². The van der Waals surface area contributed by atoms with Crippen LogP contribution in [0.15, 0.2) is 12.1 Å². The quantitative estimate of drug-likeness (QED) is 0.764. The topological polar surface area (TPSA) is 96.9 Å². The molecule has 0 aliphatic carbocycles. The van der Waals surface area contributed by atoms with Crippen LogP contribution in [0.3, 0.4) is 0 Å². The normalized spacial score (nSPS) is 9.63. The van der Waals surface area contributed by atoms with Crippen molar-refractivity contribution in [2.45, 2.75) is 0 Å². The highest BCUT2D eigenvalue weighted by molar-refractivity contribution is 6.32. The standard InChI is InChI=1S/C11H13ClN2O5/c1-18-8-4-9(19-2)7(3-6(8)12)14-11(17)13-5-10(15)16/h3-4H,5H2,1-2H3,(H,15,16)(H2,13,14,17). The van der Waals surface area contributed by atoms with E-state index in [0.29, 0.717) is 17.2 Å². The monoisotopic (exact) mass is 288 g/mol. The van der Waals surface area contributed by atoms with Gasteiger partial charge in [0.1, 0.15) is 18.0 Å². The second-order valence-electron chi connectivity index (χ2n) is 3.39. The van der Waals surface area contributed by atoms with E-state index in [1.165, 1.54) is 26.4 Å². The number of urea groups is 1. The maximum atomic E-state index is 11.4. The number of ether oxygens (including phenoxy) is 2. The fourth-order valence-electron chi connectivity index (χ4n) is 1.28. The summed E-state index contributed by atoms with van der Waals surface area (Å²) in [5.41, 5.74) is 0.302. The summed E-state index contributed by atoms with van der Waals surface area (Å²) in [5.74, 6) is -0.406. The van der Waals surface area contributed by atoms with E-state index in [1.807, 2.05) is 0 Å². The van der Waals surface area contributed by atoms with Crippen molar-refractivity contribution >= 4 is 29.3 Å². The van der Waals surface area contributed by atoms with E-state index >= 15 is 0 Å². The lowest BCUT2D eigenvalue weighted by Gasteiger charge is -2.13. The van der Waals surface area contributed by atoms with Gasteiger partial charge < -0.3 is 25.2 Å². The Morgan fingerprint density at radius 1 is 1.26 bits per heavy atom. The first-order valence-corrected chi connectivity index (χ1v) is 5.54. The Kier molecular flexibility index (Phi) is 5.25. The lowest BCUT2D eigenvalue weighted by molar-refractivity contribution is -0.135. The van der Waals surface area contributed by atoms with Gasteiger partial charge in [0.05, 0.1) is 24.9 Å². The van der Waals surface area contributed by atoms with Gasteiger partial charge in [0, 0.05) is 6.07 Å². The summed E-state index contributed by atoms with van der Waals surface area (Å²) in [5, 5.41) is 13.3. The molecule has 2 amide bonds. The van der Waals surface area contributed by atoms with Crippen LogP contribution in [0.5, 0.6) is 11.5 Å². The summed E-state index contributed by atoms with van der Waals surface area (Å²) >= 11 is 5.92. The Morgan fingerprint density at radius 3 is 2.42 bits per heavy atom. The van der Waals surface area contributed by atoms with Crippen LogP contribution in [-0.4, -0.2) is 37.9 Å². The van der Waals surface area contributed by atoms with Crippen molar-refractivity contribution in [1.29, 1.82) is 0 Å². The van der Waals surface area contributed by atoms with E-state index in [0.717, 1.165) is 0 Å². The van der Waals surface area contributed by atoms with Gasteiger partial charge >= 0.3 is 12.0 Å². The second-order valence-corrected chi connectivity index (χ2v) is 3.80. The molecule has 0 saturated heterocycles. The predicted octanol–water partition coefficient (Wildman–Crippen LogP) is 1.56. The molecule has 0 atom stereocenters. The Labute approximate surface area is 114 Å². The number of amides is 2. The van der Waals surface area contributed by atoms with Gasteiger partial charge in [0.2, 0.25) is 0 Å². The van der Waals surface area contributed by atoms with Crippen LogP contribution < -0.4 is 20.1 Å². The van der Waals surface area contributed by atoms with Gasteiger partial charge in [-0.25, -0.2) is 4.79 Å². The first-order valence-electron chi connectivity index (χ1n) is 5.16. The van der Waals surface area contributed by atoms with Gasteiger partial charge in [-0.3, -0.25) is 4.79 Å². The van der Waals surface area contributed by atoms with Gasteiger partial charge in [0.15, 0.2) is 0 Å². The molecule has 0 unspecified atom stereocenters. The number of benzene rings is 1. The highest BCUT2D eigenvalue weighted by Crippen LogP contribution is 2.35. The zero-order valence-electron chi connectivity index (χ0n) is 10.3. The highest BCUT2D eigenvalue weighted by atomic mass is 35.5. The Balaban J connectivity index is 2.85. The molecule has 0 bridgehead atoms. The number of anilines is 1. The molecule has 7 nitrogen and oxygen atoms in total. The fourth-order valence-corrected chi connectivity index (χ4v) is 1.52. The summed E-state index contributed by atoms with van der Waals surface area (Å²) < 4.78 is 10.1. The van der Waals surface area contributed by atoms with Crippen molar-refractivity contribution in [3.63, 3.8) is 0 Å². The molecule has 0 fully saturated rings. The maximum absolute atomic E-state index is 11.4. The predicted molar refractivity (Wildman–Crippen MR) is 69.2 cm³/mol. The third kappa shape index (κ3) is 4.22. The number of carbonyl (C=O) groups excluding carboxylic acids is 1. The molecule has 1 rings (SSSR count).